The molecule has 2 rings (SSSR count). The van der Waals surface area contributed by atoms with Crippen molar-refractivity contribution in [1.29, 1.82) is 0 Å². The van der Waals surface area contributed by atoms with Crippen molar-refractivity contribution in [3.05, 3.63) is 0 Å². The standard InChI is InChI=1S/C11H20N2O/c1-8(14)13-6-10(7-13)11(5-12)9-3-2-4-9/h9-11H,2-7,12H2,1H3. The summed E-state index contributed by atoms with van der Waals surface area (Å²) in [5, 5.41) is 0. The van der Waals surface area contributed by atoms with E-state index in [-0.39, 0.29) is 5.91 Å². The topological polar surface area (TPSA) is 46.3 Å². The molecule has 3 nitrogen and oxygen atoms in total. The second kappa shape index (κ2) is 3.89. The van der Waals surface area contributed by atoms with Crippen molar-refractivity contribution in [1.82, 2.24) is 4.90 Å². The second-order valence-corrected chi connectivity index (χ2v) is 4.77. The first kappa shape index (κ1) is 9.97. The summed E-state index contributed by atoms with van der Waals surface area (Å²) >= 11 is 0. The van der Waals surface area contributed by atoms with Crippen LogP contribution in [0.25, 0.3) is 0 Å². The molecule has 0 radical (unpaired) electrons. The summed E-state index contributed by atoms with van der Waals surface area (Å²) in [7, 11) is 0. The minimum atomic E-state index is 0.214. The normalized spacial score (nSPS) is 25.4. The first-order valence-corrected chi connectivity index (χ1v) is 5.68. The van der Waals surface area contributed by atoms with Crippen LogP contribution in [0.3, 0.4) is 0 Å². The molecule has 2 N–H and O–H groups in total. The molecule has 0 bridgehead atoms. The molecule has 1 aliphatic heterocycles. The highest BCUT2D eigenvalue weighted by Gasteiger charge is 2.39. The molecule has 1 amide bonds. The number of nitrogens with zero attached hydrogens (tertiary/aromatic N) is 1. The Morgan fingerprint density at radius 2 is 2.07 bits per heavy atom. The Bertz CT molecular complexity index is 219. The maximum absolute atomic E-state index is 11.0. The summed E-state index contributed by atoms with van der Waals surface area (Å²) in [5.41, 5.74) is 5.81. The molecule has 2 aliphatic rings. The highest BCUT2D eigenvalue weighted by Crippen LogP contribution is 2.39. The Morgan fingerprint density at radius 3 is 2.43 bits per heavy atom. The molecule has 2 fully saturated rings. The molecule has 1 unspecified atom stereocenters. The highest BCUT2D eigenvalue weighted by atomic mass is 16.2. The number of rotatable bonds is 3. The third-order valence-electron chi connectivity index (χ3n) is 3.99. The van der Waals surface area contributed by atoms with E-state index < -0.39 is 0 Å². The minimum Gasteiger partial charge on any atom is -0.342 e. The number of nitrogens with two attached hydrogens (primary N) is 1. The van der Waals surface area contributed by atoms with Crippen molar-refractivity contribution in [2.75, 3.05) is 19.6 Å². The largest absolute Gasteiger partial charge is 0.342 e. The number of carbonyl (C=O) groups is 1. The number of carbonyl (C=O) groups excluding carboxylic acids is 1. The zero-order valence-electron chi connectivity index (χ0n) is 8.91. The van der Waals surface area contributed by atoms with Gasteiger partial charge in [0.15, 0.2) is 0 Å². The van der Waals surface area contributed by atoms with Gasteiger partial charge >= 0.3 is 0 Å². The fraction of sp³-hybridized carbons (Fsp3) is 0.909. The molecule has 1 atom stereocenters. The number of hydrogen-bond acceptors (Lipinski definition) is 2. The van der Waals surface area contributed by atoms with Crippen molar-refractivity contribution in [3.8, 4) is 0 Å². The van der Waals surface area contributed by atoms with Crippen LogP contribution in [0.5, 0.6) is 0 Å². The Morgan fingerprint density at radius 1 is 1.43 bits per heavy atom. The molecule has 0 spiro atoms. The monoisotopic (exact) mass is 196 g/mol. The van der Waals surface area contributed by atoms with Gasteiger partial charge in [0.1, 0.15) is 0 Å². The number of likely N-dealkylation sites (tertiary alicyclic amines) is 1. The van der Waals surface area contributed by atoms with Crippen molar-refractivity contribution >= 4 is 5.91 Å². The van der Waals surface area contributed by atoms with Crippen LogP contribution in [0.1, 0.15) is 26.2 Å². The van der Waals surface area contributed by atoms with Crippen molar-refractivity contribution in [2.45, 2.75) is 26.2 Å². The Hall–Kier alpha value is -0.570. The van der Waals surface area contributed by atoms with Crippen LogP contribution in [0.15, 0.2) is 0 Å². The van der Waals surface area contributed by atoms with Gasteiger partial charge in [0.05, 0.1) is 0 Å². The lowest BCUT2D eigenvalue weighted by Crippen LogP contribution is -2.55. The zero-order valence-corrected chi connectivity index (χ0v) is 8.91. The number of amides is 1. The maximum Gasteiger partial charge on any atom is 0.219 e. The summed E-state index contributed by atoms with van der Waals surface area (Å²) in [5.74, 6) is 2.44. The molecule has 0 aromatic carbocycles. The van der Waals surface area contributed by atoms with Crippen molar-refractivity contribution in [3.63, 3.8) is 0 Å². The smallest absolute Gasteiger partial charge is 0.219 e. The molecule has 3 heteroatoms. The second-order valence-electron chi connectivity index (χ2n) is 4.77. The van der Waals surface area contributed by atoms with Crippen LogP contribution >= 0.6 is 0 Å². The van der Waals surface area contributed by atoms with Gasteiger partial charge in [0.25, 0.3) is 0 Å². The summed E-state index contributed by atoms with van der Waals surface area (Å²) in [6.07, 6.45) is 4.10. The average Bonchev–Trinajstić information content (AvgIpc) is 1.95. The zero-order chi connectivity index (χ0) is 10.1. The Labute approximate surface area is 85.6 Å². The lowest BCUT2D eigenvalue weighted by atomic mass is 9.68. The van der Waals surface area contributed by atoms with E-state index in [1.54, 1.807) is 6.92 Å². The van der Waals surface area contributed by atoms with Crippen LogP contribution in [-0.2, 0) is 4.79 Å². The molecule has 0 aromatic heterocycles. The first-order chi connectivity index (χ1) is 6.72. The number of hydrogen-bond donors (Lipinski definition) is 1. The van der Waals surface area contributed by atoms with Gasteiger partial charge in [0, 0.05) is 20.0 Å². The molecule has 1 aliphatic carbocycles. The summed E-state index contributed by atoms with van der Waals surface area (Å²) in [6, 6.07) is 0. The lowest BCUT2D eigenvalue weighted by Gasteiger charge is -2.47. The van der Waals surface area contributed by atoms with Gasteiger partial charge in [-0.2, -0.15) is 0 Å². The fourth-order valence-corrected chi connectivity index (χ4v) is 2.68. The van der Waals surface area contributed by atoms with Gasteiger partial charge < -0.3 is 10.6 Å². The molecular weight excluding hydrogens is 176 g/mol. The van der Waals surface area contributed by atoms with Crippen LogP contribution in [-0.4, -0.2) is 30.4 Å². The summed E-state index contributed by atoms with van der Waals surface area (Å²) in [4.78, 5) is 13.0. The van der Waals surface area contributed by atoms with E-state index in [0.29, 0.717) is 11.8 Å². The molecule has 14 heavy (non-hydrogen) atoms. The van der Waals surface area contributed by atoms with E-state index >= 15 is 0 Å². The molecule has 80 valence electrons. The summed E-state index contributed by atoms with van der Waals surface area (Å²) in [6.45, 7) is 4.36. The predicted molar refractivity (Wildman–Crippen MR) is 55.6 cm³/mol. The van der Waals surface area contributed by atoms with Gasteiger partial charge in [0.2, 0.25) is 5.91 Å². The van der Waals surface area contributed by atoms with Crippen LogP contribution in [0.4, 0.5) is 0 Å². The Kier molecular flexibility index (Phi) is 2.77. The van der Waals surface area contributed by atoms with Crippen LogP contribution in [0.2, 0.25) is 0 Å². The fourth-order valence-electron chi connectivity index (χ4n) is 2.68. The molecule has 1 heterocycles. The third kappa shape index (κ3) is 1.65. The van der Waals surface area contributed by atoms with Crippen molar-refractivity contribution in [2.24, 2.45) is 23.5 Å². The predicted octanol–water partition coefficient (Wildman–Crippen LogP) is 0.840. The van der Waals surface area contributed by atoms with E-state index in [1.165, 1.54) is 19.3 Å². The van der Waals surface area contributed by atoms with E-state index in [9.17, 15) is 4.79 Å². The third-order valence-corrected chi connectivity index (χ3v) is 3.99. The van der Waals surface area contributed by atoms with Crippen LogP contribution in [0, 0.1) is 17.8 Å². The first-order valence-electron chi connectivity index (χ1n) is 5.68. The average molecular weight is 196 g/mol. The van der Waals surface area contributed by atoms with Crippen LogP contribution < -0.4 is 5.73 Å². The van der Waals surface area contributed by atoms with E-state index in [2.05, 4.69) is 0 Å². The SMILES string of the molecule is CC(=O)N1CC(C(CN)C2CCC2)C1. The minimum absolute atomic E-state index is 0.214. The quantitative estimate of drug-likeness (QED) is 0.727. The highest BCUT2D eigenvalue weighted by molar-refractivity contribution is 5.74. The van der Waals surface area contributed by atoms with Gasteiger partial charge in [-0.3, -0.25) is 4.79 Å². The molecule has 1 saturated carbocycles. The summed E-state index contributed by atoms with van der Waals surface area (Å²) < 4.78 is 0. The molecular formula is C11H20N2O. The van der Waals surface area contributed by atoms with Gasteiger partial charge in [-0.15, -0.1) is 0 Å². The van der Waals surface area contributed by atoms with E-state index in [1.807, 2.05) is 4.90 Å². The van der Waals surface area contributed by atoms with Gasteiger partial charge in [-0.25, -0.2) is 0 Å². The van der Waals surface area contributed by atoms with E-state index in [0.717, 1.165) is 25.6 Å². The van der Waals surface area contributed by atoms with Gasteiger partial charge in [-0.05, 0) is 24.3 Å². The Balaban J connectivity index is 1.81. The molecule has 0 aromatic rings. The maximum atomic E-state index is 11.0. The van der Waals surface area contributed by atoms with E-state index in [4.69, 9.17) is 5.73 Å². The van der Waals surface area contributed by atoms with Crippen molar-refractivity contribution < 1.29 is 4.79 Å². The lowest BCUT2D eigenvalue weighted by molar-refractivity contribution is -0.137. The molecule has 1 saturated heterocycles. The van der Waals surface area contributed by atoms with Gasteiger partial charge in [-0.1, -0.05) is 19.3 Å².